The van der Waals surface area contributed by atoms with Gasteiger partial charge in [-0.25, -0.2) is 0 Å². The first kappa shape index (κ1) is 22.1. The van der Waals surface area contributed by atoms with E-state index in [4.69, 9.17) is 9.47 Å². The number of hydrogen-bond acceptors (Lipinski definition) is 7. The number of aryl methyl sites for hydroxylation is 1. The number of rotatable bonds is 9. The molecule has 2 aromatic carbocycles. The molecule has 1 atom stereocenters. The third kappa shape index (κ3) is 5.11. The van der Waals surface area contributed by atoms with Crippen LogP contribution in [0.2, 0.25) is 0 Å². The number of ether oxygens (including phenoxy) is 2. The molecule has 8 nitrogen and oxygen atoms in total. The maximum Gasteiger partial charge on any atom is 0.220 e. The van der Waals surface area contributed by atoms with Gasteiger partial charge in [0, 0.05) is 10.6 Å². The molecule has 0 unspecified atom stereocenters. The Morgan fingerprint density at radius 1 is 1.23 bits per heavy atom. The van der Waals surface area contributed by atoms with Gasteiger partial charge in [-0.2, -0.15) is 0 Å². The van der Waals surface area contributed by atoms with Gasteiger partial charge in [0.15, 0.2) is 5.16 Å². The van der Waals surface area contributed by atoms with E-state index in [1.54, 1.807) is 13.2 Å². The molecule has 0 aliphatic heterocycles. The van der Waals surface area contributed by atoms with Gasteiger partial charge in [-0.05, 0) is 71.7 Å². The van der Waals surface area contributed by atoms with E-state index in [9.17, 15) is 10.1 Å². The van der Waals surface area contributed by atoms with E-state index in [0.717, 1.165) is 21.5 Å². The highest BCUT2D eigenvalue weighted by Gasteiger charge is 2.24. The van der Waals surface area contributed by atoms with Crippen molar-refractivity contribution < 1.29 is 14.4 Å². The van der Waals surface area contributed by atoms with Crippen molar-refractivity contribution in [2.24, 2.45) is 0 Å². The van der Waals surface area contributed by atoms with Gasteiger partial charge in [0.2, 0.25) is 6.54 Å². The van der Waals surface area contributed by atoms with Crippen LogP contribution in [0.5, 0.6) is 11.5 Å². The smallest absolute Gasteiger partial charge is 0.220 e. The Labute approximate surface area is 186 Å². The molecule has 0 fully saturated rings. The van der Waals surface area contributed by atoms with Gasteiger partial charge in [-0.1, -0.05) is 17.8 Å². The topological polar surface area (TPSA) is 92.3 Å². The Hall–Kier alpha value is -2.59. The van der Waals surface area contributed by atoms with Crippen LogP contribution in [0.1, 0.15) is 23.6 Å². The minimum absolute atomic E-state index is 0.251. The highest BCUT2D eigenvalue weighted by molar-refractivity contribution is 9.10. The number of methoxy groups -OCH3 is 1. The molecule has 158 valence electrons. The zero-order valence-electron chi connectivity index (χ0n) is 16.7. The second-order valence-corrected chi connectivity index (χ2v) is 8.33. The zero-order chi connectivity index (χ0) is 21.7. The minimum atomic E-state index is -0.452. The van der Waals surface area contributed by atoms with Crippen LogP contribution in [0, 0.1) is 17.0 Å². The molecule has 1 heterocycles. The lowest BCUT2D eigenvalue weighted by atomic mass is 10.1. The van der Waals surface area contributed by atoms with E-state index in [1.807, 2.05) is 54.8 Å². The summed E-state index contributed by atoms with van der Waals surface area (Å²) in [6.07, 6.45) is 0. The summed E-state index contributed by atoms with van der Waals surface area (Å²) in [5, 5.41) is 19.9. The van der Waals surface area contributed by atoms with Gasteiger partial charge >= 0.3 is 0 Å². The summed E-state index contributed by atoms with van der Waals surface area (Å²) in [6, 6.07) is 13.0. The number of halogens is 1. The molecule has 0 saturated heterocycles. The van der Waals surface area contributed by atoms with E-state index in [0.29, 0.717) is 23.3 Å². The Morgan fingerprint density at radius 3 is 2.57 bits per heavy atom. The number of hydrogen-bond donors (Lipinski definition) is 0. The third-order valence-corrected chi connectivity index (χ3v) is 6.11. The van der Waals surface area contributed by atoms with Crippen molar-refractivity contribution in [2.75, 3.05) is 20.3 Å². The lowest BCUT2D eigenvalue weighted by Gasteiger charge is -2.15. The van der Waals surface area contributed by atoms with Crippen LogP contribution in [0.15, 0.2) is 52.1 Å². The SMILES string of the molecule is CCOc1ccc(-n2c(C)nnc2S[C@H](C[N+](=O)[O-])c2ccc(OC)c(Br)c2)cc1. The summed E-state index contributed by atoms with van der Waals surface area (Å²) >= 11 is 4.76. The fraction of sp³-hybridized carbons (Fsp3) is 0.300. The first-order chi connectivity index (χ1) is 14.4. The predicted octanol–water partition coefficient (Wildman–Crippen LogP) is 4.86. The van der Waals surface area contributed by atoms with Crippen molar-refractivity contribution in [3.8, 4) is 17.2 Å². The number of thioether (sulfide) groups is 1. The van der Waals surface area contributed by atoms with Gasteiger partial charge in [-0.3, -0.25) is 14.7 Å². The van der Waals surface area contributed by atoms with Crippen LogP contribution in [0.4, 0.5) is 0 Å². The van der Waals surface area contributed by atoms with E-state index in [-0.39, 0.29) is 11.5 Å². The molecule has 1 aromatic heterocycles. The minimum Gasteiger partial charge on any atom is -0.496 e. The second kappa shape index (κ2) is 9.94. The maximum absolute atomic E-state index is 11.3. The fourth-order valence-corrected chi connectivity index (χ4v) is 4.65. The average Bonchev–Trinajstić information content (AvgIpc) is 3.08. The summed E-state index contributed by atoms with van der Waals surface area (Å²) < 4.78 is 13.4. The van der Waals surface area contributed by atoms with Crippen LogP contribution in [-0.2, 0) is 0 Å². The van der Waals surface area contributed by atoms with Gasteiger partial charge < -0.3 is 9.47 Å². The summed E-state index contributed by atoms with van der Waals surface area (Å²) in [6.45, 7) is 4.12. The molecule has 0 spiro atoms. The number of nitrogens with zero attached hydrogens (tertiary/aromatic N) is 4. The Bertz CT molecular complexity index is 1030. The highest BCUT2D eigenvalue weighted by atomic mass is 79.9. The number of benzene rings is 2. The summed E-state index contributed by atoms with van der Waals surface area (Å²) in [5.74, 6) is 2.13. The quantitative estimate of drug-likeness (QED) is 0.239. The van der Waals surface area contributed by atoms with Gasteiger partial charge in [0.1, 0.15) is 22.6 Å². The normalized spacial score (nSPS) is 11.9. The summed E-state index contributed by atoms with van der Waals surface area (Å²) in [5.41, 5.74) is 1.66. The monoisotopic (exact) mass is 492 g/mol. The third-order valence-electron chi connectivity index (χ3n) is 4.31. The highest BCUT2D eigenvalue weighted by Crippen LogP contribution is 2.38. The Morgan fingerprint density at radius 2 is 1.97 bits per heavy atom. The first-order valence-corrected chi connectivity index (χ1v) is 10.9. The van der Waals surface area contributed by atoms with Crippen LogP contribution < -0.4 is 9.47 Å². The Kier molecular flexibility index (Phi) is 7.33. The van der Waals surface area contributed by atoms with E-state index in [1.165, 1.54) is 11.8 Å². The van der Waals surface area contributed by atoms with Gasteiger partial charge in [-0.15, -0.1) is 10.2 Å². The molecule has 0 saturated carbocycles. The number of nitro groups is 1. The molecule has 0 N–H and O–H groups in total. The zero-order valence-corrected chi connectivity index (χ0v) is 19.1. The lowest BCUT2D eigenvalue weighted by molar-refractivity contribution is -0.479. The predicted molar refractivity (Wildman–Crippen MR) is 118 cm³/mol. The molecular formula is C20H21BrN4O4S. The van der Waals surface area contributed by atoms with Crippen molar-refractivity contribution in [3.63, 3.8) is 0 Å². The van der Waals surface area contributed by atoms with Crippen LogP contribution in [0.25, 0.3) is 5.69 Å². The van der Waals surface area contributed by atoms with E-state index < -0.39 is 5.25 Å². The van der Waals surface area contributed by atoms with E-state index >= 15 is 0 Å². The van der Waals surface area contributed by atoms with Gasteiger partial charge in [0.25, 0.3) is 0 Å². The van der Waals surface area contributed by atoms with Crippen molar-refractivity contribution in [1.29, 1.82) is 0 Å². The van der Waals surface area contributed by atoms with Crippen LogP contribution in [0.3, 0.4) is 0 Å². The molecule has 10 heteroatoms. The Balaban J connectivity index is 1.94. The molecule has 0 radical (unpaired) electrons. The molecule has 0 amide bonds. The molecule has 30 heavy (non-hydrogen) atoms. The van der Waals surface area contributed by atoms with Crippen LogP contribution >= 0.6 is 27.7 Å². The second-order valence-electron chi connectivity index (χ2n) is 6.31. The molecule has 3 aromatic rings. The number of aromatic nitrogens is 3. The van der Waals surface area contributed by atoms with Crippen LogP contribution in [-0.4, -0.2) is 39.9 Å². The van der Waals surface area contributed by atoms with Crippen molar-refractivity contribution in [2.45, 2.75) is 24.3 Å². The lowest BCUT2D eigenvalue weighted by Crippen LogP contribution is -2.11. The summed E-state index contributed by atoms with van der Waals surface area (Å²) in [7, 11) is 1.57. The van der Waals surface area contributed by atoms with E-state index in [2.05, 4.69) is 26.1 Å². The fourth-order valence-electron chi connectivity index (χ4n) is 2.93. The van der Waals surface area contributed by atoms with Crippen molar-refractivity contribution in [3.05, 3.63) is 68.4 Å². The average molecular weight is 493 g/mol. The molecule has 0 bridgehead atoms. The molecular weight excluding hydrogens is 472 g/mol. The molecule has 3 rings (SSSR count). The molecule has 0 aliphatic carbocycles. The van der Waals surface area contributed by atoms with Crippen molar-refractivity contribution in [1.82, 2.24) is 14.8 Å². The van der Waals surface area contributed by atoms with Crippen molar-refractivity contribution >= 4 is 27.7 Å². The molecule has 0 aliphatic rings. The maximum atomic E-state index is 11.3. The first-order valence-electron chi connectivity index (χ1n) is 9.20. The largest absolute Gasteiger partial charge is 0.496 e. The standard InChI is InChI=1S/C20H21BrN4O4S/c1-4-29-16-8-6-15(7-9-16)25-13(2)22-23-20(25)30-19(12-24(26)27)14-5-10-18(28-3)17(21)11-14/h5-11,19H,4,12H2,1-3H3/t19-/m1/s1. The summed E-state index contributed by atoms with van der Waals surface area (Å²) in [4.78, 5) is 11.0. The van der Waals surface area contributed by atoms with Gasteiger partial charge in [0.05, 0.1) is 18.2 Å².